The first-order valence-corrected chi connectivity index (χ1v) is 8.98. The van der Waals surface area contributed by atoms with Crippen LogP contribution in [0.15, 0.2) is 27.7 Å². The van der Waals surface area contributed by atoms with Crippen LogP contribution in [-0.2, 0) is 6.18 Å². The zero-order valence-electron chi connectivity index (χ0n) is 13.4. The highest BCUT2D eigenvalue weighted by Crippen LogP contribution is 2.33. The summed E-state index contributed by atoms with van der Waals surface area (Å²) < 4.78 is 40.0. The zero-order valence-corrected chi connectivity index (χ0v) is 15.0. The van der Waals surface area contributed by atoms with E-state index < -0.39 is 12.0 Å². The number of alkyl halides is 3. The van der Waals surface area contributed by atoms with Crippen molar-refractivity contribution in [3.63, 3.8) is 0 Å². The molecule has 0 radical (unpaired) electrons. The van der Waals surface area contributed by atoms with Crippen LogP contribution in [0.25, 0.3) is 16.3 Å². The molecule has 4 rings (SSSR count). The normalized spacial score (nSPS) is 12.2. The Bertz CT molecular complexity index is 1080. The summed E-state index contributed by atoms with van der Waals surface area (Å²) in [6.45, 7) is 3.44. The molecule has 0 atom stereocenters. The maximum atomic E-state index is 13.1. The SMILES string of the molecule is Cc1c(Sc2n[nH]c(-c3cccs3)n2)nn2c(C(F)(F)F)nnc2c1C. The molecule has 7 nitrogen and oxygen atoms in total. The molecule has 134 valence electrons. The molecule has 0 aliphatic rings. The van der Waals surface area contributed by atoms with Crippen LogP contribution in [0.2, 0.25) is 0 Å². The number of hydrogen-bond donors (Lipinski definition) is 1. The zero-order chi connectivity index (χ0) is 18.5. The molecule has 4 aromatic rings. The molecule has 4 aromatic heterocycles. The van der Waals surface area contributed by atoms with Crippen LogP contribution in [0, 0.1) is 13.8 Å². The molecule has 0 saturated carbocycles. The van der Waals surface area contributed by atoms with Crippen molar-refractivity contribution >= 4 is 28.7 Å². The Hall–Kier alpha value is -2.47. The lowest BCUT2D eigenvalue weighted by atomic mass is 10.2. The van der Waals surface area contributed by atoms with E-state index in [4.69, 9.17) is 0 Å². The van der Waals surface area contributed by atoms with Crippen molar-refractivity contribution in [3.05, 3.63) is 34.5 Å². The van der Waals surface area contributed by atoms with E-state index in [0.29, 0.717) is 27.1 Å². The number of aryl methyl sites for hydroxylation is 1. The predicted molar refractivity (Wildman–Crippen MR) is 89.1 cm³/mol. The van der Waals surface area contributed by atoms with E-state index in [1.165, 1.54) is 11.3 Å². The first kappa shape index (κ1) is 17.0. The number of nitrogens with zero attached hydrogens (tertiary/aromatic N) is 6. The van der Waals surface area contributed by atoms with Gasteiger partial charge in [-0.15, -0.1) is 26.6 Å². The van der Waals surface area contributed by atoms with E-state index in [0.717, 1.165) is 21.2 Å². The second-order valence-electron chi connectivity index (χ2n) is 5.36. The number of aromatic nitrogens is 7. The van der Waals surface area contributed by atoms with E-state index in [1.54, 1.807) is 13.8 Å². The predicted octanol–water partition coefficient (Wildman–Crippen LogP) is 3.76. The average Bonchev–Trinajstić information content (AvgIpc) is 3.30. The van der Waals surface area contributed by atoms with Gasteiger partial charge in [-0.3, -0.25) is 5.10 Å². The van der Waals surface area contributed by atoms with Crippen molar-refractivity contribution in [2.24, 2.45) is 0 Å². The minimum absolute atomic E-state index is 0.0773. The van der Waals surface area contributed by atoms with Gasteiger partial charge in [0.15, 0.2) is 11.5 Å². The third-order valence-electron chi connectivity index (χ3n) is 3.71. The minimum atomic E-state index is -4.65. The molecule has 0 aliphatic carbocycles. The van der Waals surface area contributed by atoms with Crippen molar-refractivity contribution in [3.8, 4) is 10.7 Å². The fraction of sp³-hybridized carbons (Fsp3) is 0.214. The van der Waals surface area contributed by atoms with Gasteiger partial charge in [-0.25, -0.2) is 4.98 Å². The largest absolute Gasteiger partial charge is 0.453 e. The van der Waals surface area contributed by atoms with E-state index >= 15 is 0 Å². The maximum Gasteiger partial charge on any atom is 0.453 e. The van der Waals surface area contributed by atoms with Crippen LogP contribution < -0.4 is 0 Å². The molecule has 0 saturated heterocycles. The highest BCUT2D eigenvalue weighted by Gasteiger charge is 2.38. The monoisotopic (exact) mass is 397 g/mol. The fourth-order valence-corrected chi connectivity index (χ4v) is 3.77. The van der Waals surface area contributed by atoms with Gasteiger partial charge in [0, 0.05) is 5.56 Å². The highest BCUT2D eigenvalue weighted by atomic mass is 32.2. The lowest BCUT2D eigenvalue weighted by molar-refractivity contribution is -0.146. The molecule has 0 aliphatic heterocycles. The van der Waals surface area contributed by atoms with Gasteiger partial charge in [0.25, 0.3) is 5.82 Å². The second-order valence-corrected chi connectivity index (χ2v) is 7.26. The number of thiophene rings is 1. The maximum absolute atomic E-state index is 13.1. The van der Waals surface area contributed by atoms with Gasteiger partial charge in [-0.1, -0.05) is 6.07 Å². The van der Waals surface area contributed by atoms with Crippen molar-refractivity contribution in [2.45, 2.75) is 30.2 Å². The summed E-state index contributed by atoms with van der Waals surface area (Å²) in [5.74, 6) is -0.565. The van der Waals surface area contributed by atoms with Crippen LogP contribution in [0.1, 0.15) is 17.0 Å². The van der Waals surface area contributed by atoms with Crippen molar-refractivity contribution in [2.75, 3.05) is 0 Å². The Morgan fingerprint density at radius 3 is 2.69 bits per heavy atom. The smallest absolute Gasteiger partial charge is 0.257 e. The van der Waals surface area contributed by atoms with Gasteiger partial charge in [0.05, 0.1) is 4.88 Å². The number of nitrogens with one attached hydrogen (secondary N) is 1. The Balaban J connectivity index is 1.76. The molecule has 0 bridgehead atoms. The summed E-state index contributed by atoms with van der Waals surface area (Å²) in [6.07, 6.45) is -4.65. The van der Waals surface area contributed by atoms with Gasteiger partial charge in [0.1, 0.15) is 5.03 Å². The Morgan fingerprint density at radius 2 is 2.00 bits per heavy atom. The van der Waals surface area contributed by atoms with E-state index in [-0.39, 0.29) is 5.65 Å². The Morgan fingerprint density at radius 1 is 1.19 bits per heavy atom. The fourth-order valence-electron chi connectivity index (χ4n) is 2.28. The summed E-state index contributed by atoms with van der Waals surface area (Å²) in [5, 5.41) is 20.5. The number of fused-ring (bicyclic) bond motifs is 1. The van der Waals surface area contributed by atoms with E-state index in [9.17, 15) is 13.2 Å². The quantitative estimate of drug-likeness (QED) is 0.567. The first-order valence-electron chi connectivity index (χ1n) is 7.28. The minimum Gasteiger partial charge on any atom is -0.257 e. The van der Waals surface area contributed by atoms with Gasteiger partial charge < -0.3 is 0 Å². The third kappa shape index (κ3) is 2.84. The molecule has 0 amide bonds. The van der Waals surface area contributed by atoms with Crippen LogP contribution in [0.4, 0.5) is 13.2 Å². The van der Waals surface area contributed by atoms with Crippen LogP contribution in [-0.4, -0.2) is 35.0 Å². The van der Waals surface area contributed by atoms with E-state index in [1.807, 2.05) is 17.5 Å². The van der Waals surface area contributed by atoms with E-state index in [2.05, 4.69) is 30.5 Å². The molecule has 0 spiro atoms. The summed E-state index contributed by atoms with van der Waals surface area (Å²) in [6, 6.07) is 3.79. The van der Waals surface area contributed by atoms with Crippen LogP contribution in [0.3, 0.4) is 0 Å². The highest BCUT2D eigenvalue weighted by molar-refractivity contribution is 7.99. The van der Waals surface area contributed by atoms with Gasteiger partial charge in [-0.05, 0) is 42.6 Å². The lowest BCUT2D eigenvalue weighted by Gasteiger charge is -2.09. The van der Waals surface area contributed by atoms with Crippen molar-refractivity contribution in [1.29, 1.82) is 0 Å². The molecule has 12 heteroatoms. The number of rotatable bonds is 3. The molecule has 4 heterocycles. The molecule has 0 aromatic carbocycles. The van der Waals surface area contributed by atoms with Gasteiger partial charge >= 0.3 is 6.18 Å². The third-order valence-corrected chi connectivity index (χ3v) is 5.53. The number of hydrogen-bond acceptors (Lipinski definition) is 7. The topological polar surface area (TPSA) is 84.7 Å². The van der Waals surface area contributed by atoms with Crippen LogP contribution >= 0.6 is 23.1 Å². The molecular formula is C14H10F3N7S2. The lowest BCUT2D eigenvalue weighted by Crippen LogP contribution is -2.13. The molecule has 0 unspecified atom stereocenters. The molecule has 0 fully saturated rings. The van der Waals surface area contributed by atoms with Crippen molar-refractivity contribution < 1.29 is 13.2 Å². The Kier molecular flexibility index (Phi) is 3.95. The number of aromatic amines is 1. The number of H-pyrrole nitrogens is 1. The molecular weight excluding hydrogens is 387 g/mol. The second kappa shape index (κ2) is 6.06. The van der Waals surface area contributed by atoms with Gasteiger partial charge in [0.2, 0.25) is 5.16 Å². The molecule has 1 N–H and O–H groups in total. The standard InChI is InChI=1S/C14H10F3N7S2/c1-6-7(2)11(23-24-10(6)20-21-12(24)14(15,16)17)26-13-18-9(19-22-13)8-4-3-5-25-8/h3-5H,1-2H3,(H,18,19,22). The Labute approximate surface area is 152 Å². The van der Waals surface area contributed by atoms with Crippen LogP contribution in [0.5, 0.6) is 0 Å². The summed E-state index contributed by atoms with van der Waals surface area (Å²) in [4.78, 5) is 5.28. The number of halogens is 3. The summed E-state index contributed by atoms with van der Waals surface area (Å²) >= 11 is 2.59. The summed E-state index contributed by atoms with van der Waals surface area (Å²) in [7, 11) is 0. The first-order chi connectivity index (χ1) is 12.3. The van der Waals surface area contributed by atoms with Crippen molar-refractivity contribution in [1.82, 2.24) is 35.0 Å². The average molecular weight is 397 g/mol. The molecule has 26 heavy (non-hydrogen) atoms. The summed E-state index contributed by atoms with van der Waals surface area (Å²) in [5.41, 5.74) is 1.35. The van der Waals surface area contributed by atoms with Gasteiger partial charge in [-0.2, -0.15) is 22.8 Å².